The Morgan fingerprint density at radius 1 is 1.45 bits per heavy atom. The first-order valence-electron chi connectivity index (χ1n) is 3.96. The molecular weight excluding hydrogens is 159 g/mol. The van der Waals surface area contributed by atoms with E-state index in [-0.39, 0.29) is 9.03 Å². The van der Waals surface area contributed by atoms with Gasteiger partial charge in [-0.2, -0.15) is 0 Å². The summed E-state index contributed by atoms with van der Waals surface area (Å²) in [7, 11) is -0.363. The summed E-state index contributed by atoms with van der Waals surface area (Å²) in [6, 6.07) is 0. The van der Waals surface area contributed by atoms with Gasteiger partial charge in [-0.25, -0.2) is 0 Å². The summed E-state index contributed by atoms with van der Waals surface area (Å²) in [6.45, 7) is 9.46. The van der Waals surface area contributed by atoms with Crippen LogP contribution in [0.15, 0.2) is 0 Å². The number of rotatable bonds is 4. The standard InChI is InChI=1S/C8H19O2P/c1-7(6-10-11-9)5-8(2,3)4/h7,9,11H,5-6H2,1-4H3. The minimum absolute atomic E-state index is 0.362. The van der Waals surface area contributed by atoms with E-state index in [0.29, 0.717) is 17.9 Å². The first-order valence-corrected chi connectivity index (χ1v) is 4.82. The lowest BCUT2D eigenvalue weighted by atomic mass is 9.86. The molecule has 0 fully saturated rings. The van der Waals surface area contributed by atoms with Crippen LogP contribution in [0.3, 0.4) is 0 Å². The van der Waals surface area contributed by atoms with E-state index in [1.165, 1.54) is 0 Å². The van der Waals surface area contributed by atoms with Gasteiger partial charge in [0.25, 0.3) is 0 Å². The summed E-state index contributed by atoms with van der Waals surface area (Å²) in [5.41, 5.74) is 0.362. The Balaban J connectivity index is 3.44. The molecule has 0 aliphatic heterocycles. The van der Waals surface area contributed by atoms with E-state index in [1.54, 1.807) is 0 Å². The first-order chi connectivity index (χ1) is 4.95. The van der Waals surface area contributed by atoms with Gasteiger partial charge in [-0.1, -0.05) is 27.7 Å². The fraction of sp³-hybridized carbons (Fsp3) is 1.00. The molecule has 0 saturated heterocycles. The van der Waals surface area contributed by atoms with Gasteiger partial charge in [-0.3, -0.25) is 0 Å². The molecule has 0 radical (unpaired) electrons. The highest BCUT2D eigenvalue weighted by Gasteiger charge is 2.14. The fourth-order valence-electron chi connectivity index (χ4n) is 1.28. The highest BCUT2D eigenvalue weighted by Crippen LogP contribution is 2.25. The van der Waals surface area contributed by atoms with E-state index >= 15 is 0 Å². The average molecular weight is 178 g/mol. The summed E-state index contributed by atoms with van der Waals surface area (Å²) in [5, 5.41) is 0. The minimum atomic E-state index is -0.363. The maximum atomic E-state index is 8.42. The Hall–Kier alpha value is 0.350. The fourth-order valence-corrected chi connectivity index (χ4v) is 1.64. The van der Waals surface area contributed by atoms with Crippen molar-refractivity contribution in [3.63, 3.8) is 0 Å². The molecule has 2 atom stereocenters. The molecule has 0 bridgehead atoms. The molecule has 3 heteroatoms. The summed E-state index contributed by atoms with van der Waals surface area (Å²) < 4.78 is 4.92. The zero-order valence-corrected chi connectivity index (χ0v) is 8.85. The van der Waals surface area contributed by atoms with Crippen LogP contribution in [0, 0.1) is 11.3 Å². The Kier molecular flexibility index (Phi) is 5.24. The maximum Gasteiger partial charge on any atom is 0.152 e. The summed E-state index contributed by atoms with van der Waals surface area (Å²) >= 11 is 0. The van der Waals surface area contributed by atoms with Crippen LogP contribution in [0.25, 0.3) is 0 Å². The molecule has 0 spiro atoms. The van der Waals surface area contributed by atoms with Crippen LogP contribution < -0.4 is 0 Å². The van der Waals surface area contributed by atoms with Crippen LogP contribution in [0.4, 0.5) is 0 Å². The van der Waals surface area contributed by atoms with E-state index in [4.69, 9.17) is 9.42 Å². The Labute approximate surface area is 71.3 Å². The topological polar surface area (TPSA) is 29.5 Å². The molecule has 2 unspecified atom stereocenters. The molecule has 0 aliphatic rings. The molecule has 0 heterocycles. The van der Waals surface area contributed by atoms with E-state index in [1.807, 2.05) is 0 Å². The average Bonchev–Trinajstić information content (AvgIpc) is 1.79. The molecule has 0 aliphatic carbocycles. The quantitative estimate of drug-likeness (QED) is 0.670. The molecule has 0 aromatic carbocycles. The van der Waals surface area contributed by atoms with Crippen LogP contribution in [0.2, 0.25) is 0 Å². The van der Waals surface area contributed by atoms with Gasteiger partial charge in [0.05, 0.1) is 6.61 Å². The van der Waals surface area contributed by atoms with Crippen LogP contribution in [-0.2, 0) is 4.52 Å². The number of hydrogen-bond donors (Lipinski definition) is 1. The SMILES string of the molecule is CC(COPO)CC(C)(C)C. The molecule has 0 aromatic rings. The molecule has 0 aromatic heterocycles. The zero-order valence-electron chi connectivity index (χ0n) is 7.85. The van der Waals surface area contributed by atoms with Gasteiger partial charge in [0.15, 0.2) is 9.03 Å². The second-order valence-corrected chi connectivity index (χ2v) is 4.74. The monoisotopic (exact) mass is 178 g/mol. The highest BCUT2D eigenvalue weighted by molar-refractivity contribution is 7.24. The largest absolute Gasteiger partial charge is 0.352 e. The predicted molar refractivity (Wildman–Crippen MR) is 49.7 cm³/mol. The Morgan fingerprint density at radius 2 is 2.00 bits per heavy atom. The Bertz CT molecular complexity index is 98.8. The zero-order chi connectivity index (χ0) is 8.91. The van der Waals surface area contributed by atoms with E-state index in [2.05, 4.69) is 27.7 Å². The van der Waals surface area contributed by atoms with Crippen molar-refractivity contribution >= 4 is 9.03 Å². The highest BCUT2D eigenvalue weighted by atomic mass is 31.1. The predicted octanol–water partition coefficient (Wildman–Crippen LogP) is 2.58. The summed E-state index contributed by atoms with van der Waals surface area (Å²) in [6.07, 6.45) is 1.14. The van der Waals surface area contributed by atoms with E-state index in [0.717, 1.165) is 6.42 Å². The second kappa shape index (κ2) is 5.08. The Morgan fingerprint density at radius 3 is 2.36 bits per heavy atom. The van der Waals surface area contributed by atoms with Gasteiger partial charge >= 0.3 is 0 Å². The van der Waals surface area contributed by atoms with Gasteiger partial charge in [-0.15, -0.1) is 0 Å². The van der Waals surface area contributed by atoms with Gasteiger partial charge in [0.2, 0.25) is 0 Å². The van der Waals surface area contributed by atoms with Crippen LogP contribution in [0.5, 0.6) is 0 Å². The lowest BCUT2D eigenvalue weighted by Gasteiger charge is -2.22. The lowest BCUT2D eigenvalue weighted by Crippen LogP contribution is -2.13. The number of hydrogen-bond acceptors (Lipinski definition) is 2. The van der Waals surface area contributed by atoms with Crippen molar-refractivity contribution in [1.29, 1.82) is 0 Å². The van der Waals surface area contributed by atoms with Crippen LogP contribution >= 0.6 is 9.03 Å². The molecule has 0 amide bonds. The molecule has 0 saturated carbocycles. The van der Waals surface area contributed by atoms with E-state index < -0.39 is 0 Å². The van der Waals surface area contributed by atoms with Crippen molar-refractivity contribution in [3.05, 3.63) is 0 Å². The van der Waals surface area contributed by atoms with Gasteiger partial charge in [-0.05, 0) is 17.8 Å². The molecule has 0 rings (SSSR count). The maximum absolute atomic E-state index is 8.42. The van der Waals surface area contributed by atoms with Crippen molar-refractivity contribution in [1.82, 2.24) is 0 Å². The normalized spacial score (nSPS) is 16.1. The van der Waals surface area contributed by atoms with Crippen molar-refractivity contribution < 1.29 is 9.42 Å². The van der Waals surface area contributed by atoms with Crippen molar-refractivity contribution in [3.8, 4) is 0 Å². The molecule has 11 heavy (non-hydrogen) atoms. The lowest BCUT2D eigenvalue weighted by molar-refractivity contribution is 0.214. The van der Waals surface area contributed by atoms with E-state index in [9.17, 15) is 0 Å². The third-order valence-electron chi connectivity index (χ3n) is 1.39. The van der Waals surface area contributed by atoms with Gasteiger partial charge < -0.3 is 9.42 Å². The van der Waals surface area contributed by atoms with Crippen LogP contribution in [-0.4, -0.2) is 11.5 Å². The molecular formula is C8H19O2P. The molecule has 68 valence electrons. The third kappa shape index (κ3) is 8.25. The molecule has 2 nitrogen and oxygen atoms in total. The van der Waals surface area contributed by atoms with Crippen molar-refractivity contribution in [2.24, 2.45) is 11.3 Å². The van der Waals surface area contributed by atoms with Gasteiger partial charge in [0.1, 0.15) is 0 Å². The minimum Gasteiger partial charge on any atom is -0.352 e. The van der Waals surface area contributed by atoms with Crippen LogP contribution in [0.1, 0.15) is 34.1 Å². The summed E-state index contributed by atoms with van der Waals surface area (Å²) in [4.78, 5) is 8.42. The van der Waals surface area contributed by atoms with Gasteiger partial charge in [0, 0.05) is 0 Å². The smallest absolute Gasteiger partial charge is 0.152 e. The summed E-state index contributed by atoms with van der Waals surface area (Å²) in [5.74, 6) is 0.537. The third-order valence-corrected chi connectivity index (χ3v) is 1.69. The van der Waals surface area contributed by atoms with Crippen molar-refractivity contribution in [2.75, 3.05) is 6.61 Å². The van der Waals surface area contributed by atoms with Crippen molar-refractivity contribution in [2.45, 2.75) is 34.1 Å². The molecule has 1 N–H and O–H groups in total. The first kappa shape index (κ1) is 11.4. The second-order valence-electron chi connectivity index (χ2n) is 4.27.